The fourth-order valence-electron chi connectivity index (χ4n) is 3.41. The first-order valence-electron chi connectivity index (χ1n) is 8.01. The summed E-state index contributed by atoms with van der Waals surface area (Å²) < 4.78 is 0. The number of rotatable bonds is 5. The van der Waals surface area contributed by atoms with Crippen LogP contribution in [-0.2, 0) is 0 Å². The van der Waals surface area contributed by atoms with Gasteiger partial charge in [-0.2, -0.15) is 0 Å². The topological polar surface area (TPSA) is 15.3 Å². The summed E-state index contributed by atoms with van der Waals surface area (Å²) in [5, 5.41) is 3.50. The van der Waals surface area contributed by atoms with E-state index in [4.69, 9.17) is 0 Å². The molecule has 2 aliphatic heterocycles. The van der Waals surface area contributed by atoms with Crippen molar-refractivity contribution in [2.45, 2.75) is 30.6 Å². The molecular weight excluding hydrogens is 264 g/mol. The molecule has 2 nitrogen and oxygen atoms in total. The molecule has 1 atom stereocenters. The van der Waals surface area contributed by atoms with Gasteiger partial charge in [0.2, 0.25) is 0 Å². The van der Waals surface area contributed by atoms with Gasteiger partial charge >= 0.3 is 0 Å². The maximum Gasteiger partial charge on any atom is 0.0108 e. The molecule has 2 aliphatic rings. The Morgan fingerprint density at radius 1 is 1.25 bits per heavy atom. The summed E-state index contributed by atoms with van der Waals surface area (Å²) in [4.78, 5) is 4.20. The highest BCUT2D eigenvalue weighted by Crippen LogP contribution is 2.39. The van der Waals surface area contributed by atoms with Crippen molar-refractivity contribution in [1.82, 2.24) is 10.2 Å². The molecule has 1 saturated heterocycles. The van der Waals surface area contributed by atoms with Crippen LogP contribution in [0.2, 0.25) is 0 Å². The molecule has 0 saturated carbocycles. The molecule has 0 radical (unpaired) electrons. The number of thioether (sulfide) groups is 1. The van der Waals surface area contributed by atoms with Gasteiger partial charge in [-0.3, -0.25) is 0 Å². The average molecular weight is 290 g/mol. The van der Waals surface area contributed by atoms with Gasteiger partial charge in [-0.05, 0) is 56.6 Å². The van der Waals surface area contributed by atoms with Crippen molar-refractivity contribution in [2.24, 2.45) is 5.92 Å². The van der Waals surface area contributed by atoms with E-state index in [-0.39, 0.29) is 0 Å². The van der Waals surface area contributed by atoms with Crippen molar-refractivity contribution in [3.05, 3.63) is 29.8 Å². The van der Waals surface area contributed by atoms with E-state index >= 15 is 0 Å². The molecule has 1 N–H and O–H groups in total. The minimum atomic E-state index is 0.751. The first-order valence-corrected chi connectivity index (χ1v) is 9.00. The van der Waals surface area contributed by atoms with Crippen LogP contribution in [0.4, 0.5) is 0 Å². The lowest BCUT2D eigenvalue weighted by Gasteiger charge is -2.33. The normalized spacial score (nSPS) is 23.9. The second-order valence-corrected chi connectivity index (χ2v) is 7.16. The smallest absolute Gasteiger partial charge is 0.0108 e. The maximum absolute atomic E-state index is 3.50. The Morgan fingerprint density at radius 3 is 2.85 bits per heavy atom. The molecule has 0 bridgehead atoms. The number of nitrogens with one attached hydrogen (secondary N) is 1. The second-order valence-electron chi connectivity index (χ2n) is 6.10. The van der Waals surface area contributed by atoms with Crippen molar-refractivity contribution in [2.75, 3.05) is 38.5 Å². The van der Waals surface area contributed by atoms with Gasteiger partial charge in [0.1, 0.15) is 0 Å². The van der Waals surface area contributed by atoms with Gasteiger partial charge in [0.25, 0.3) is 0 Å². The molecule has 0 aliphatic carbocycles. The van der Waals surface area contributed by atoms with Gasteiger partial charge in [-0.15, -0.1) is 11.8 Å². The average Bonchev–Trinajstić information content (AvgIpc) is 2.90. The monoisotopic (exact) mass is 290 g/mol. The number of hydrogen-bond acceptors (Lipinski definition) is 3. The number of likely N-dealkylation sites (tertiary alicyclic amines) is 1. The summed E-state index contributed by atoms with van der Waals surface area (Å²) in [5.41, 5.74) is 1.59. The third-order valence-electron chi connectivity index (χ3n) is 4.67. The van der Waals surface area contributed by atoms with E-state index in [9.17, 15) is 0 Å². The largest absolute Gasteiger partial charge is 0.317 e. The number of piperidine rings is 1. The predicted molar refractivity (Wildman–Crippen MR) is 87.6 cm³/mol. The third-order valence-corrected chi connectivity index (χ3v) is 5.92. The molecule has 2 heterocycles. The molecule has 0 aromatic heterocycles. The van der Waals surface area contributed by atoms with Crippen LogP contribution in [0.15, 0.2) is 29.2 Å². The molecule has 110 valence electrons. The van der Waals surface area contributed by atoms with Crippen LogP contribution in [0.25, 0.3) is 0 Å². The zero-order chi connectivity index (χ0) is 13.8. The molecule has 3 heteroatoms. The highest BCUT2D eigenvalue weighted by molar-refractivity contribution is 7.99. The molecule has 20 heavy (non-hydrogen) atoms. The minimum Gasteiger partial charge on any atom is -0.317 e. The number of benzene rings is 1. The van der Waals surface area contributed by atoms with E-state index in [2.05, 4.69) is 41.4 Å². The van der Waals surface area contributed by atoms with Gasteiger partial charge in [-0.1, -0.05) is 25.1 Å². The highest BCUT2D eigenvalue weighted by Gasteiger charge is 2.26. The Labute approximate surface area is 127 Å². The van der Waals surface area contributed by atoms with E-state index in [1.54, 1.807) is 5.56 Å². The van der Waals surface area contributed by atoms with Crippen LogP contribution in [-0.4, -0.2) is 43.4 Å². The van der Waals surface area contributed by atoms with Crippen molar-refractivity contribution < 1.29 is 0 Å². The molecule has 3 rings (SSSR count). The molecular formula is C17H26N2S. The molecule has 1 aromatic carbocycles. The van der Waals surface area contributed by atoms with Crippen LogP contribution in [0.1, 0.15) is 31.2 Å². The Bertz CT molecular complexity index is 427. The predicted octanol–water partition coefficient (Wildman–Crippen LogP) is 3.20. The van der Waals surface area contributed by atoms with Crippen LogP contribution in [0.3, 0.4) is 0 Å². The van der Waals surface area contributed by atoms with Crippen LogP contribution in [0, 0.1) is 5.92 Å². The summed E-state index contributed by atoms with van der Waals surface area (Å²) in [5.74, 6) is 2.93. The second kappa shape index (κ2) is 6.97. The lowest BCUT2D eigenvalue weighted by Crippen LogP contribution is -2.39. The lowest BCUT2D eigenvalue weighted by atomic mass is 9.94. The molecule has 1 fully saturated rings. The van der Waals surface area contributed by atoms with E-state index in [1.807, 2.05) is 11.8 Å². The van der Waals surface area contributed by atoms with Gasteiger partial charge in [-0.25, -0.2) is 0 Å². The minimum absolute atomic E-state index is 0.751. The van der Waals surface area contributed by atoms with Gasteiger partial charge in [0.15, 0.2) is 0 Å². The third kappa shape index (κ3) is 3.38. The SMILES string of the molecule is CCNCC1CCN(CC2CSc3ccccc32)CC1. The van der Waals surface area contributed by atoms with Gasteiger partial charge in [0.05, 0.1) is 0 Å². The summed E-state index contributed by atoms with van der Waals surface area (Å²) in [6.07, 6.45) is 2.74. The zero-order valence-corrected chi connectivity index (χ0v) is 13.3. The van der Waals surface area contributed by atoms with Crippen LogP contribution in [0.5, 0.6) is 0 Å². The van der Waals surface area contributed by atoms with E-state index < -0.39 is 0 Å². The summed E-state index contributed by atoms with van der Waals surface area (Å²) >= 11 is 2.04. The van der Waals surface area contributed by atoms with Crippen molar-refractivity contribution in [3.63, 3.8) is 0 Å². The van der Waals surface area contributed by atoms with Crippen molar-refractivity contribution in [1.29, 1.82) is 0 Å². The Kier molecular flexibility index (Phi) is 5.03. The zero-order valence-electron chi connectivity index (χ0n) is 12.5. The van der Waals surface area contributed by atoms with Crippen LogP contribution >= 0.6 is 11.8 Å². The van der Waals surface area contributed by atoms with E-state index in [1.165, 1.54) is 49.7 Å². The Morgan fingerprint density at radius 2 is 2.05 bits per heavy atom. The fourth-order valence-corrected chi connectivity index (χ4v) is 4.66. The van der Waals surface area contributed by atoms with Crippen LogP contribution < -0.4 is 5.32 Å². The number of fused-ring (bicyclic) bond motifs is 1. The standard InChI is InChI=1S/C17H26N2S/c1-2-18-11-14-7-9-19(10-8-14)12-15-13-20-17-6-4-3-5-16(15)17/h3-6,14-15,18H,2,7-13H2,1H3. The molecule has 1 aromatic rings. The van der Waals surface area contributed by atoms with E-state index in [0.29, 0.717) is 0 Å². The van der Waals surface area contributed by atoms with E-state index in [0.717, 1.165) is 18.4 Å². The summed E-state index contributed by atoms with van der Waals surface area (Å²) in [7, 11) is 0. The summed E-state index contributed by atoms with van der Waals surface area (Å²) in [6, 6.07) is 8.97. The maximum atomic E-state index is 3.50. The fraction of sp³-hybridized carbons (Fsp3) is 0.647. The van der Waals surface area contributed by atoms with Crippen molar-refractivity contribution in [3.8, 4) is 0 Å². The van der Waals surface area contributed by atoms with Gasteiger partial charge in [0, 0.05) is 23.1 Å². The molecule has 0 spiro atoms. The molecule has 1 unspecified atom stereocenters. The quantitative estimate of drug-likeness (QED) is 0.896. The lowest BCUT2D eigenvalue weighted by molar-refractivity contribution is 0.176. The summed E-state index contributed by atoms with van der Waals surface area (Å²) in [6.45, 7) is 8.36. The Hall–Kier alpha value is -0.510. The Balaban J connectivity index is 1.49. The number of hydrogen-bond donors (Lipinski definition) is 1. The van der Waals surface area contributed by atoms with Gasteiger partial charge < -0.3 is 10.2 Å². The number of nitrogens with zero attached hydrogens (tertiary/aromatic N) is 1. The first-order chi connectivity index (χ1) is 9.86. The first kappa shape index (κ1) is 14.4. The molecule has 0 amide bonds. The highest BCUT2D eigenvalue weighted by atomic mass is 32.2. The van der Waals surface area contributed by atoms with Crippen molar-refractivity contribution >= 4 is 11.8 Å².